The van der Waals surface area contributed by atoms with Crippen LogP contribution in [0.25, 0.3) is 11.4 Å². The van der Waals surface area contributed by atoms with Gasteiger partial charge in [-0.15, -0.1) is 0 Å². The SMILES string of the molecule is Cc1noc(C)c1S(=O)(=O)NCc1nc(-c2ccc(F)cc2)no1. The monoisotopic (exact) mass is 352 g/mol. The number of nitrogens with one attached hydrogen (secondary N) is 1. The molecule has 1 N–H and O–H groups in total. The molecule has 0 saturated carbocycles. The lowest BCUT2D eigenvalue weighted by Gasteiger charge is -2.03. The fourth-order valence-electron chi connectivity index (χ4n) is 2.13. The van der Waals surface area contributed by atoms with E-state index < -0.39 is 10.0 Å². The topological polar surface area (TPSA) is 111 Å². The molecule has 24 heavy (non-hydrogen) atoms. The van der Waals surface area contributed by atoms with E-state index in [0.29, 0.717) is 5.56 Å². The third-order valence-electron chi connectivity index (χ3n) is 3.22. The fourth-order valence-corrected chi connectivity index (χ4v) is 3.43. The lowest BCUT2D eigenvalue weighted by molar-refractivity contribution is 0.375. The first-order chi connectivity index (χ1) is 11.4. The van der Waals surface area contributed by atoms with Crippen LogP contribution in [0.3, 0.4) is 0 Å². The van der Waals surface area contributed by atoms with Gasteiger partial charge in [-0.2, -0.15) is 4.98 Å². The summed E-state index contributed by atoms with van der Waals surface area (Å²) in [5.41, 5.74) is 0.817. The Kier molecular flexibility index (Phi) is 4.16. The second-order valence-corrected chi connectivity index (χ2v) is 6.70. The van der Waals surface area contributed by atoms with Crippen LogP contribution in [0.4, 0.5) is 4.39 Å². The Hall–Kier alpha value is -2.59. The molecule has 0 aliphatic carbocycles. The maximum absolute atomic E-state index is 12.9. The number of sulfonamides is 1. The van der Waals surface area contributed by atoms with E-state index >= 15 is 0 Å². The van der Waals surface area contributed by atoms with Gasteiger partial charge in [-0.25, -0.2) is 17.5 Å². The Bertz CT molecular complexity index is 944. The van der Waals surface area contributed by atoms with E-state index in [9.17, 15) is 12.8 Å². The molecule has 0 aliphatic heterocycles. The van der Waals surface area contributed by atoms with Crippen molar-refractivity contribution in [3.05, 3.63) is 47.4 Å². The van der Waals surface area contributed by atoms with Crippen LogP contribution in [-0.2, 0) is 16.6 Å². The van der Waals surface area contributed by atoms with Crippen LogP contribution in [0.15, 0.2) is 38.2 Å². The number of hydrogen-bond acceptors (Lipinski definition) is 7. The minimum absolute atomic E-state index is 0.0132. The van der Waals surface area contributed by atoms with E-state index in [0.717, 1.165) is 0 Å². The van der Waals surface area contributed by atoms with Gasteiger partial charge in [0, 0.05) is 5.56 Å². The van der Waals surface area contributed by atoms with Crippen molar-refractivity contribution in [1.82, 2.24) is 20.0 Å². The van der Waals surface area contributed by atoms with Crippen LogP contribution in [0, 0.1) is 19.7 Å². The number of benzene rings is 1. The maximum atomic E-state index is 12.9. The highest BCUT2D eigenvalue weighted by atomic mass is 32.2. The van der Waals surface area contributed by atoms with Crippen molar-refractivity contribution in [1.29, 1.82) is 0 Å². The van der Waals surface area contributed by atoms with Crippen LogP contribution in [0.5, 0.6) is 0 Å². The average molecular weight is 352 g/mol. The molecule has 0 aliphatic rings. The van der Waals surface area contributed by atoms with Crippen LogP contribution >= 0.6 is 0 Å². The van der Waals surface area contributed by atoms with Gasteiger partial charge in [-0.3, -0.25) is 0 Å². The van der Waals surface area contributed by atoms with Crippen LogP contribution in [0.2, 0.25) is 0 Å². The highest BCUT2D eigenvalue weighted by Gasteiger charge is 2.24. The average Bonchev–Trinajstić information content (AvgIpc) is 3.13. The zero-order valence-electron chi connectivity index (χ0n) is 12.8. The second-order valence-electron chi connectivity index (χ2n) is 5.00. The molecular formula is C14H13FN4O4S. The van der Waals surface area contributed by atoms with Crippen LogP contribution in [0.1, 0.15) is 17.3 Å². The van der Waals surface area contributed by atoms with Crippen molar-refractivity contribution >= 4 is 10.0 Å². The number of nitrogens with zero attached hydrogens (tertiary/aromatic N) is 3. The molecule has 0 atom stereocenters. The quantitative estimate of drug-likeness (QED) is 0.747. The molecule has 3 aromatic rings. The van der Waals surface area contributed by atoms with Crippen molar-refractivity contribution in [2.24, 2.45) is 0 Å². The third-order valence-corrected chi connectivity index (χ3v) is 4.87. The van der Waals surface area contributed by atoms with Crippen LogP contribution in [-0.4, -0.2) is 23.7 Å². The minimum atomic E-state index is -3.82. The standard InChI is InChI=1S/C14H13FN4O4S/c1-8-13(9(2)22-18-8)24(20,21)16-7-12-17-14(19-23-12)10-3-5-11(15)6-4-10/h3-6,16H,7H2,1-2H3. The molecule has 1 aromatic carbocycles. The second kappa shape index (κ2) is 6.13. The Morgan fingerprint density at radius 2 is 1.83 bits per heavy atom. The molecule has 0 spiro atoms. The smallest absolute Gasteiger partial charge is 0.246 e. The Labute approximate surface area is 136 Å². The molecule has 126 valence electrons. The third kappa shape index (κ3) is 3.19. The maximum Gasteiger partial charge on any atom is 0.246 e. The normalized spacial score (nSPS) is 11.8. The Morgan fingerprint density at radius 3 is 2.46 bits per heavy atom. The van der Waals surface area contributed by atoms with Crippen molar-refractivity contribution in [3.8, 4) is 11.4 Å². The summed E-state index contributed by atoms with van der Waals surface area (Å²) >= 11 is 0. The Balaban J connectivity index is 1.75. The Morgan fingerprint density at radius 1 is 1.12 bits per heavy atom. The lowest BCUT2D eigenvalue weighted by Crippen LogP contribution is -2.24. The summed E-state index contributed by atoms with van der Waals surface area (Å²) in [5.74, 6) is 0.124. The zero-order chi connectivity index (χ0) is 17.3. The molecule has 0 unspecified atom stereocenters. The van der Waals surface area contributed by atoms with Gasteiger partial charge in [-0.1, -0.05) is 10.3 Å². The number of hydrogen-bond donors (Lipinski definition) is 1. The summed E-state index contributed by atoms with van der Waals surface area (Å²) < 4.78 is 49.7. The van der Waals surface area contributed by atoms with Gasteiger partial charge in [-0.05, 0) is 38.1 Å². The van der Waals surface area contributed by atoms with Gasteiger partial charge >= 0.3 is 0 Å². The van der Waals surface area contributed by atoms with Crippen LogP contribution < -0.4 is 4.72 Å². The van der Waals surface area contributed by atoms with E-state index in [-0.39, 0.29) is 40.4 Å². The number of aromatic nitrogens is 3. The summed E-state index contributed by atoms with van der Waals surface area (Å²) in [7, 11) is -3.82. The molecule has 2 aromatic heterocycles. The van der Waals surface area contributed by atoms with Crippen molar-refractivity contribution < 1.29 is 21.9 Å². The summed E-state index contributed by atoms with van der Waals surface area (Å²) in [6.07, 6.45) is 0. The molecule has 0 saturated heterocycles. The summed E-state index contributed by atoms with van der Waals surface area (Å²) in [4.78, 5) is 4.06. The first-order valence-corrected chi connectivity index (χ1v) is 8.36. The van der Waals surface area contributed by atoms with Crippen molar-refractivity contribution in [3.63, 3.8) is 0 Å². The van der Waals surface area contributed by atoms with E-state index in [1.165, 1.54) is 38.1 Å². The van der Waals surface area contributed by atoms with Gasteiger partial charge in [0.05, 0.1) is 6.54 Å². The number of halogens is 1. The first-order valence-electron chi connectivity index (χ1n) is 6.88. The summed E-state index contributed by atoms with van der Waals surface area (Å²) in [6.45, 7) is 2.85. The molecular weight excluding hydrogens is 339 g/mol. The number of rotatable bonds is 5. The molecule has 10 heteroatoms. The molecule has 2 heterocycles. The van der Waals surface area contributed by atoms with E-state index in [2.05, 4.69) is 20.0 Å². The number of aryl methyl sites for hydroxylation is 2. The van der Waals surface area contributed by atoms with Crippen molar-refractivity contribution in [2.45, 2.75) is 25.3 Å². The van der Waals surface area contributed by atoms with E-state index in [4.69, 9.17) is 9.05 Å². The van der Waals surface area contributed by atoms with Gasteiger partial charge < -0.3 is 9.05 Å². The molecule has 3 rings (SSSR count). The van der Waals surface area contributed by atoms with Gasteiger partial charge in [0.25, 0.3) is 0 Å². The zero-order valence-corrected chi connectivity index (χ0v) is 13.6. The predicted molar refractivity (Wildman–Crippen MR) is 79.7 cm³/mol. The first kappa shape index (κ1) is 16.3. The minimum Gasteiger partial charge on any atom is -0.360 e. The van der Waals surface area contributed by atoms with Gasteiger partial charge in [0.2, 0.25) is 21.7 Å². The highest BCUT2D eigenvalue weighted by molar-refractivity contribution is 7.89. The predicted octanol–water partition coefficient (Wildman–Crippen LogP) is 1.96. The molecule has 0 bridgehead atoms. The molecule has 0 fully saturated rings. The van der Waals surface area contributed by atoms with E-state index in [1.807, 2.05) is 0 Å². The fraction of sp³-hybridized carbons (Fsp3) is 0.214. The largest absolute Gasteiger partial charge is 0.360 e. The van der Waals surface area contributed by atoms with Gasteiger partial charge in [0.15, 0.2) is 5.76 Å². The summed E-state index contributed by atoms with van der Waals surface area (Å²) in [5, 5.41) is 7.35. The van der Waals surface area contributed by atoms with Crippen molar-refractivity contribution in [2.75, 3.05) is 0 Å². The molecule has 0 radical (unpaired) electrons. The summed E-state index contributed by atoms with van der Waals surface area (Å²) in [6, 6.07) is 5.53. The highest BCUT2D eigenvalue weighted by Crippen LogP contribution is 2.19. The molecule has 8 nitrogen and oxygen atoms in total. The molecule has 0 amide bonds. The van der Waals surface area contributed by atoms with Gasteiger partial charge in [0.1, 0.15) is 16.4 Å². The van der Waals surface area contributed by atoms with E-state index in [1.54, 1.807) is 0 Å². The lowest BCUT2D eigenvalue weighted by atomic mass is 10.2.